The average Bonchev–Trinajstić information content (AvgIpc) is 2.79. The van der Waals surface area contributed by atoms with E-state index in [2.05, 4.69) is 4.72 Å². The van der Waals surface area contributed by atoms with Crippen LogP contribution in [0.4, 0.5) is 0 Å². The molecule has 7 nitrogen and oxygen atoms in total. The summed E-state index contributed by atoms with van der Waals surface area (Å²) in [6.07, 6.45) is 0.297. The molecule has 4 aromatic rings. The third kappa shape index (κ3) is 4.81. The summed E-state index contributed by atoms with van der Waals surface area (Å²) in [5.41, 5.74) is 1.43. The van der Waals surface area contributed by atoms with Crippen LogP contribution in [0.25, 0.3) is 21.7 Å². The molecule has 8 heteroatoms. The molecule has 0 saturated carbocycles. The Balaban J connectivity index is 1.41. The molecule has 0 amide bonds. The lowest BCUT2D eigenvalue weighted by molar-refractivity contribution is -0.134. The van der Waals surface area contributed by atoms with E-state index in [-0.39, 0.29) is 24.3 Å². The average molecular weight is 466 g/mol. The Kier molecular flexibility index (Phi) is 6.31. The van der Waals surface area contributed by atoms with Gasteiger partial charge in [-0.15, -0.1) is 0 Å². The molecule has 0 unspecified atom stereocenters. The number of nitrogens with one attached hydrogen (secondary N) is 1. The summed E-state index contributed by atoms with van der Waals surface area (Å²) in [4.78, 5) is 24.8. The van der Waals surface area contributed by atoms with Crippen molar-refractivity contribution in [3.05, 3.63) is 82.2 Å². The van der Waals surface area contributed by atoms with Gasteiger partial charge in [-0.3, -0.25) is 4.79 Å². The van der Waals surface area contributed by atoms with E-state index in [1.807, 2.05) is 19.1 Å². The van der Waals surface area contributed by atoms with Crippen molar-refractivity contribution in [1.29, 1.82) is 0 Å². The number of esters is 1. The summed E-state index contributed by atoms with van der Waals surface area (Å²) < 4.78 is 38.0. The Morgan fingerprint density at radius 2 is 1.64 bits per heavy atom. The van der Waals surface area contributed by atoms with Gasteiger partial charge in [-0.1, -0.05) is 35.9 Å². The highest BCUT2D eigenvalue weighted by molar-refractivity contribution is 7.89. The van der Waals surface area contributed by atoms with E-state index in [1.165, 1.54) is 12.1 Å². The van der Waals surface area contributed by atoms with Crippen LogP contribution in [0.5, 0.6) is 5.75 Å². The zero-order chi connectivity index (χ0) is 23.6. The second-order valence-corrected chi connectivity index (χ2v) is 9.56. The molecule has 1 aromatic heterocycles. The van der Waals surface area contributed by atoms with Crippen molar-refractivity contribution in [2.24, 2.45) is 0 Å². The maximum atomic E-state index is 12.3. The number of fused-ring (bicyclic) bond motifs is 3. The van der Waals surface area contributed by atoms with Gasteiger partial charge in [0.05, 0.1) is 10.3 Å². The highest BCUT2D eigenvalue weighted by Gasteiger charge is 2.16. The second-order valence-electron chi connectivity index (χ2n) is 7.79. The molecule has 0 fully saturated rings. The van der Waals surface area contributed by atoms with E-state index in [4.69, 9.17) is 9.15 Å². The van der Waals surface area contributed by atoms with Crippen molar-refractivity contribution in [3.63, 3.8) is 0 Å². The molecule has 1 N–H and O–H groups in total. The first kappa shape index (κ1) is 22.7. The highest BCUT2D eigenvalue weighted by Crippen LogP contribution is 2.31. The fourth-order valence-electron chi connectivity index (χ4n) is 3.59. The Hall–Kier alpha value is -3.49. The molecular weight excluding hydrogens is 442 g/mol. The third-order valence-electron chi connectivity index (χ3n) is 5.39. The van der Waals surface area contributed by atoms with Crippen molar-refractivity contribution < 1.29 is 22.4 Å². The van der Waals surface area contributed by atoms with Gasteiger partial charge in [0.25, 0.3) is 0 Å². The molecule has 33 heavy (non-hydrogen) atoms. The molecule has 0 aliphatic carbocycles. The van der Waals surface area contributed by atoms with Crippen LogP contribution in [0.1, 0.15) is 24.0 Å². The Morgan fingerprint density at radius 1 is 0.939 bits per heavy atom. The van der Waals surface area contributed by atoms with Crippen LogP contribution in [0.3, 0.4) is 0 Å². The third-order valence-corrected chi connectivity index (χ3v) is 6.87. The molecule has 0 bridgehead atoms. The zero-order valence-electron chi connectivity index (χ0n) is 18.3. The van der Waals surface area contributed by atoms with Gasteiger partial charge < -0.3 is 9.15 Å². The molecule has 0 aliphatic rings. The summed E-state index contributed by atoms with van der Waals surface area (Å²) in [7, 11) is -3.63. The van der Waals surface area contributed by atoms with Crippen LogP contribution < -0.4 is 15.1 Å². The van der Waals surface area contributed by atoms with Gasteiger partial charge in [0.15, 0.2) is 0 Å². The lowest BCUT2D eigenvalue weighted by Crippen LogP contribution is -2.25. The van der Waals surface area contributed by atoms with Gasteiger partial charge in [-0.05, 0) is 56.0 Å². The first-order chi connectivity index (χ1) is 15.8. The summed E-state index contributed by atoms with van der Waals surface area (Å²) in [6, 6.07) is 17.1. The molecule has 0 aliphatic heterocycles. The van der Waals surface area contributed by atoms with Gasteiger partial charge in [0, 0.05) is 23.9 Å². The van der Waals surface area contributed by atoms with Crippen LogP contribution in [0.2, 0.25) is 0 Å². The van der Waals surface area contributed by atoms with Gasteiger partial charge in [-0.2, -0.15) is 0 Å². The predicted molar refractivity (Wildman–Crippen MR) is 126 cm³/mol. The van der Waals surface area contributed by atoms with E-state index in [0.717, 1.165) is 16.3 Å². The molecule has 4 rings (SSSR count). The zero-order valence-corrected chi connectivity index (χ0v) is 19.1. The van der Waals surface area contributed by atoms with Crippen molar-refractivity contribution >= 4 is 37.7 Å². The van der Waals surface area contributed by atoms with Crippen molar-refractivity contribution in [2.75, 3.05) is 6.54 Å². The maximum Gasteiger partial charge on any atom is 0.344 e. The molecular formula is C25H23NO6S. The number of hydrogen-bond acceptors (Lipinski definition) is 6. The van der Waals surface area contributed by atoms with Crippen LogP contribution in [0.15, 0.2) is 74.8 Å². The van der Waals surface area contributed by atoms with E-state index >= 15 is 0 Å². The van der Waals surface area contributed by atoms with Crippen LogP contribution >= 0.6 is 0 Å². The summed E-state index contributed by atoms with van der Waals surface area (Å²) in [6.45, 7) is 3.70. The fraction of sp³-hybridized carbons (Fsp3) is 0.200. The number of hydrogen-bond donors (Lipinski definition) is 1. The minimum atomic E-state index is -3.63. The van der Waals surface area contributed by atoms with E-state index in [1.54, 1.807) is 43.3 Å². The summed E-state index contributed by atoms with van der Waals surface area (Å²) >= 11 is 0. The quantitative estimate of drug-likeness (QED) is 0.144. The van der Waals surface area contributed by atoms with Gasteiger partial charge in [0.2, 0.25) is 10.0 Å². The SMILES string of the molecule is Cc1ccc(S(=O)(=O)NCCCC(=O)Oc2ccc3c(oc(=O)c4ccccc43)c2C)cc1. The standard InChI is InChI=1S/C25H23NO6S/c1-16-9-11-18(12-10-16)33(29,30)26-15-5-8-23(27)31-22-14-13-20-19-6-3-4-7-21(19)25(28)32-24(20)17(22)2/h3-4,6-7,9-14,26H,5,8,15H2,1-2H3. The maximum absolute atomic E-state index is 12.3. The number of rotatable bonds is 7. The minimum Gasteiger partial charge on any atom is -0.426 e. The second kappa shape index (κ2) is 9.17. The lowest BCUT2D eigenvalue weighted by atomic mass is 10.0. The Morgan fingerprint density at radius 3 is 2.36 bits per heavy atom. The number of carbonyl (C=O) groups is 1. The summed E-state index contributed by atoms with van der Waals surface area (Å²) in [5.74, 6) is -0.207. The minimum absolute atomic E-state index is 0.0234. The molecule has 0 spiro atoms. The highest BCUT2D eigenvalue weighted by atomic mass is 32.2. The Bertz CT molecular complexity index is 1500. The number of aryl methyl sites for hydroxylation is 2. The molecule has 3 aromatic carbocycles. The fourth-order valence-corrected chi connectivity index (χ4v) is 4.66. The van der Waals surface area contributed by atoms with Gasteiger partial charge in [0.1, 0.15) is 11.3 Å². The molecule has 170 valence electrons. The van der Waals surface area contributed by atoms with Crippen LogP contribution in [-0.4, -0.2) is 20.9 Å². The molecule has 1 heterocycles. The monoisotopic (exact) mass is 465 g/mol. The van der Waals surface area contributed by atoms with E-state index in [0.29, 0.717) is 22.3 Å². The lowest BCUT2D eigenvalue weighted by Gasteiger charge is -2.11. The largest absolute Gasteiger partial charge is 0.426 e. The summed E-state index contributed by atoms with van der Waals surface area (Å²) in [5, 5.41) is 2.01. The van der Waals surface area contributed by atoms with Crippen molar-refractivity contribution in [2.45, 2.75) is 31.6 Å². The number of benzene rings is 3. The van der Waals surface area contributed by atoms with Crippen molar-refractivity contribution in [1.82, 2.24) is 4.72 Å². The first-order valence-electron chi connectivity index (χ1n) is 10.5. The van der Waals surface area contributed by atoms with Crippen molar-refractivity contribution in [3.8, 4) is 5.75 Å². The normalized spacial score (nSPS) is 11.7. The molecule has 0 atom stereocenters. The first-order valence-corrected chi connectivity index (χ1v) is 12.0. The van der Waals surface area contributed by atoms with E-state index < -0.39 is 21.6 Å². The molecule has 0 saturated heterocycles. The number of sulfonamides is 1. The molecule has 0 radical (unpaired) electrons. The topological polar surface area (TPSA) is 103 Å². The van der Waals surface area contributed by atoms with E-state index in [9.17, 15) is 18.0 Å². The van der Waals surface area contributed by atoms with Crippen LogP contribution in [0, 0.1) is 13.8 Å². The van der Waals surface area contributed by atoms with Gasteiger partial charge in [-0.25, -0.2) is 17.9 Å². The van der Waals surface area contributed by atoms with Gasteiger partial charge >= 0.3 is 11.6 Å². The predicted octanol–water partition coefficient (Wildman–Crippen LogP) is 4.23. The smallest absolute Gasteiger partial charge is 0.344 e. The number of ether oxygens (including phenoxy) is 1. The number of carbonyl (C=O) groups excluding carboxylic acids is 1. The van der Waals surface area contributed by atoms with Crippen LogP contribution in [-0.2, 0) is 14.8 Å². The Labute approximate surface area is 191 Å².